The van der Waals surface area contributed by atoms with Crippen LogP contribution in [0.15, 0.2) is 21.3 Å². The van der Waals surface area contributed by atoms with E-state index in [4.69, 9.17) is 4.42 Å². The molecule has 0 aromatic carbocycles. The third kappa shape index (κ3) is 3.09. The van der Waals surface area contributed by atoms with Gasteiger partial charge < -0.3 is 4.42 Å². The van der Waals surface area contributed by atoms with E-state index >= 15 is 0 Å². The summed E-state index contributed by atoms with van der Waals surface area (Å²) < 4.78 is 8.25. The standard InChI is InChI=1S/C10H14INO2/c1-3-4-8(12-11)9-5-7(2)6-10(13)14-9/h5-6,8,12H,3-4H2,1-2H3/t8-/m1/s1. The summed E-state index contributed by atoms with van der Waals surface area (Å²) in [5.74, 6) is 0.728. The lowest BCUT2D eigenvalue weighted by Crippen LogP contribution is -2.13. The van der Waals surface area contributed by atoms with Crippen LogP contribution < -0.4 is 9.16 Å². The molecule has 0 amide bonds. The summed E-state index contributed by atoms with van der Waals surface area (Å²) in [6.07, 6.45) is 2.02. The van der Waals surface area contributed by atoms with E-state index < -0.39 is 0 Å². The molecule has 1 aromatic heterocycles. The van der Waals surface area contributed by atoms with E-state index in [0.29, 0.717) is 0 Å². The van der Waals surface area contributed by atoms with Gasteiger partial charge in [0.2, 0.25) is 0 Å². The Morgan fingerprint density at radius 2 is 2.29 bits per heavy atom. The molecule has 0 spiro atoms. The van der Waals surface area contributed by atoms with Crippen LogP contribution >= 0.6 is 22.9 Å². The van der Waals surface area contributed by atoms with Gasteiger partial charge in [-0.05, 0) is 25.0 Å². The molecular formula is C10H14INO2. The second-order valence-electron chi connectivity index (χ2n) is 3.31. The van der Waals surface area contributed by atoms with Gasteiger partial charge in [0.1, 0.15) is 5.76 Å². The minimum atomic E-state index is -0.271. The number of halogens is 1. The Morgan fingerprint density at radius 1 is 1.57 bits per heavy atom. The molecule has 0 saturated heterocycles. The first-order chi connectivity index (χ1) is 6.67. The van der Waals surface area contributed by atoms with Gasteiger partial charge in [-0.25, -0.2) is 4.79 Å². The highest BCUT2D eigenvalue weighted by molar-refractivity contribution is 14.1. The highest BCUT2D eigenvalue weighted by atomic mass is 127. The normalized spacial score (nSPS) is 12.8. The SMILES string of the molecule is CCC[C@@H](NI)c1cc(C)cc(=O)o1. The quantitative estimate of drug-likeness (QED) is 0.687. The third-order valence-corrected chi connectivity index (χ3v) is 2.74. The largest absolute Gasteiger partial charge is 0.426 e. The van der Waals surface area contributed by atoms with Crippen LogP contribution in [0.4, 0.5) is 0 Å². The van der Waals surface area contributed by atoms with Gasteiger partial charge in [-0.15, -0.1) is 0 Å². The summed E-state index contributed by atoms with van der Waals surface area (Å²) in [5, 5.41) is 0. The molecule has 1 atom stereocenters. The van der Waals surface area contributed by atoms with Crippen molar-refractivity contribution < 1.29 is 4.42 Å². The van der Waals surface area contributed by atoms with Crippen LogP contribution in [-0.2, 0) is 0 Å². The number of rotatable bonds is 4. The predicted molar refractivity (Wildman–Crippen MR) is 64.5 cm³/mol. The first-order valence-electron chi connectivity index (χ1n) is 4.65. The fourth-order valence-corrected chi connectivity index (χ4v) is 1.96. The molecular weight excluding hydrogens is 293 g/mol. The van der Waals surface area contributed by atoms with E-state index in [1.165, 1.54) is 6.07 Å². The van der Waals surface area contributed by atoms with Crippen LogP contribution in [0.25, 0.3) is 0 Å². The van der Waals surface area contributed by atoms with Crippen LogP contribution in [0.1, 0.15) is 37.1 Å². The van der Waals surface area contributed by atoms with Crippen LogP contribution in [-0.4, -0.2) is 0 Å². The molecule has 0 fully saturated rings. The van der Waals surface area contributed by atoms with Crippen molar-refractivity contribution in [3.63, 3.8) is 0 Å². The van der Waals surface area contributed by atoms with Gasteiger partial charge in [-0.3, -0.25) is 3.53 Å². The molecule has 0 radical (unpaired) electrons. The zero-order chi connectivity index (χ0) is 10.6. The fourth-order valence-electron chi connectivity index (χ4n) is 1.34. The van der Waals surface area contributed by atoms with Gasteiger partial charge in [-0.1, -0.05) is 13.3 Å². The maximum atomic E-state index is 11.1. The number of hydrogen-bond donors (Lipinski definition) is 1. The molecule has 0 aliphatic carbocycles. The average Bonchev–Trinajstić information content (AvgIpc) is 2.12. The van der Waals surface area contributed by atoms with Crippen molar-refractivity contribution in [2.24, 2.45) is 0 Å². The van der Waals surface area contributed by atoms with Gasteiger partial charge >= 0.3 is 5.63 Å². The van der Waals surface area contributed by atoms with Gasteiger partial charge in [0.05, 0.1) is 6.04 Å². The monoisotopic (exact) mass is 307 g/mol. The maximum absolute atomic E-state index is 11.1. The summed E-state index contributed by atoms with van der Waals surface area (Å²) in [6, 6.07) is 3.54. The molecule has 3 nitrogen and oxygen atoms in total. The smallest absolute Gasteiger partial charge is 0.336 e. The van der Waals surface area contributed by atoms with E-state index in [1.807, 2.05) is 13.0 Å². The van der Waals surface area contributed by atoms with Crippen LogP contribution in [0.5, 0.6) is 0 Å². The van der Waals surface area contributed by atoms with Gasteiger partial charge in [-0.2, -0.15) is 0 Å². The summed E-state index contributed by atoms with van der Waals surface area (Å²) in [7, 11) is 0. The van der Waals surface area contributed by atoms with E-state index in [9.17, 15) is 4.79 Å². The summed E-state index contributed by atoms with van der Waals surface area (Å²) >= 11 is 2.09. The van der Waals surface area contributed by atoms with Gasteiger partial charge in [0.15, 0.2) is 0 Å². The van der Waals surface area contributed by atoms with Crippen molar-refractivity contribution in [1.82, 2.24) is 3.53 Å². The van der Waals surface area contributed by atoms with Crippen LogP contribution in [0.3, 0.4) is 0 Å². The lowest BCUT2D eigenvalue weighted by Gasteiger charge is -2.12. The Labute approximate surface area is 97.4 Å². The summed E-state index contributed by atoms with van der Waals surface area (Å²) in [5.41, 5.74) is 0.678. The van der Waals surface area contributed by atoms with E-state index in [0.717, 1.165) is 24.2 Å². The lowest BCUT2D eigenvalue weighted by atomic mass is 10.1. The topological polar surface area (TPSA) is 42.2 Å². The second-order valence-corrected chi connectivity index (χ2v) is 3.93. The van der Waals surface area contributed by atoms with Gasteiger partial charge in [0.25, 0.3) is 0 Å². The lowest BCUT2D eigenvalue weighted by molar-refractivity contribution is 0.405. The Morgan fingerprint density at radius 3 is 2.79 bits per heavy atom. The Bertz CT molecular complexity index is 348. The molecule has 14 heavy (non-hydrogen) atoms. The molecule has 0 unspecified atom stereocenters. The number of hydrogen-bond acceptors (Lipinski definition) is 3. The van der Waals surface area contributed by atoms with Crippen molar-refractivity contribution in [2.75, 3.05) is 0 Å². The zero-order valence-corrected chi connectivity index (χ0v) is 10.5. The molecule has 0 aliphatic rings. The van der Waals surface area contributed by atoms with Crippen molar-refractivity contribution in [3.05, 3.63) is 33.9 Å². The van der Waals surface area contributed by atoms with Crippen molar-refractivity contribution in [2.45, 2.75) is 32.7 Å². The molecule has 1 rings (SSSR count). The Balaban J connectivity index is 2.97. The first-order valence-corrected chi connectivity index (χ1v) is 5.73. The van der Waals surface area contributed by atoms with Crippen molar-refractivity contribution in [3.8, 4) is 0 Å². The van der Waals surface area contributed by atoms with Gasteiger partial charge in [0, 0.05) is 28.9 Å². The molecule has 1 heterocycles. The number of nitrogens with one attached hydrogen (secondary N) is 1. The minimum Gasteiger partial charge on any atom is -0.426 e. The summed E-state index contributed by atoms with van der Waals surface area (Å²) in [4.78, 5) is 11.1. The summed E-state index contributed by atoms with van der Waals surface area (Å²) in [6.45, 7) is 4.01. The third-order valence-electron chi connectivity index (χ3n) is 1.99. The molecule has 78 valence electrons. The molecule has 0 aliphatic heterocycles. The highest BCUT2D eigenvalue weighted by Crippen LogP contribution is 2.18. The number of aryl methyl sites for hydroxylation is 1. The van der Waals surface area contributed by atoms with E-state index in [1.54, 1.807) is 0 Å². The molecule has 0 saturated carbocycles. The second kappa shape index (κ2) is 5.50. The predicted octanol–water partition coefficient (Wildman–Crippen LogP) is 2.73. The maximum Gasteiger partial charge on any atom is 0.336 e. The average molecular weight is 307 g/mol. The Kier molecular flexibility index (Phi) is 4.60. The molecule has 1 N–H and O–H groups in total. The van der Waals surface area contributed by atoms with E-state index in [-0.39, 0.29) is 11.7 Å². The first kappa shape index (κ1) is 11.7. The van der Waals surface area contributed by atoms with Crippen molar-refractivity contribution in [1.29, 1.82) is 0 Å². The van der Waals surface area contributed by atoms with Crippen LogP contribution in [0, 0.1) is 6.92 Å². The molecule has 0 bridgehead atoms. The molecule has 1 aromatic rings. The van der Waals surface area contributed by atoms with Crippen LogP contribution in [0.2, 0.25) is 0 Å². The molecule has 4 heteroatoms. The zero-order valence-electron chi connectivity index (χ0n) is 8.34. The van der Waals surface area contributed by atoms with E-state index in [2.05, 4.69) is 33.3 Å². The van der Waals surface area contributed by atoms with Crippen molar-refractivity contribution >= 4 is 22.9 Å². The fraction of sp³-hybridized carbons (Fsp3) is 0.500. The highest BCUT2D eigenvalue weighted by Gasteiger charge is 2.12. The minimum absolute atomic E-state index is 0.133. The Hall–Kier alpha value is -0.360.